The molecule has 6 heteroatoms. The van der Waals surface area contributed by atoms with E-state index in [4.69, 9.17) is 4.74 Å². The van der Waals surface area contributed by atoms with Crippen LogP contribution in [0.15, 0.2) is 18.2 Å². The Bertz CT molecular complexity index is 413. The maximum atomic E-state index is 10.9. The lowest BCUT2D eigenvalue weighted by molar-refractivity contribution is -0.385. The van der Waals surface area contributed by atoms with Gasteiger partial charge < -0.3 is 10.1 Å². The Morgan fingerprint density at radius 3 is 2.89 bits per heavy atom. The maximum absolute atomic E-state index is 10.9. The number of nitro benzene ring substituents is 1. The van der Waals surface area contributed by atoms with Crippen LogP contribution >= 0.6 is 11.8 Å². The summed E-state index contributed by atoms with van der Waals surface area (Å²) in [6.45, 7) is 4.21. The van der Waals surface area contributed by atoms with E-state index in [0.29, 0.717) is 18.9 Å². The molecule has 1 aromatic rings. The summed E-state index contributed by atoms with van der Waals surface area (Å²) in [4.78, 5) is 10.5. The highest BCUT2D eigenvalue weighted by atomic mass is 32.2. The fourth-order valence-corrected chi connectivity index (χ4v) is 1.83. The second-order valence-electron chi connectivity index (χ2n) is 4.08. The van der Waals surface area contributed by atoms with Crippen molar-refractivity contribution in [1.82, 2.24) is 5.32 Å². The van der Waals surface area contributed by atoms with Gasteiger partial charge in [-0.05, 0) is 30.9 Å². The Morgan fingerprint density at radius 1 is 1.47 bits per heavy atom. The minimum Gasteiger partial charge on any atom is -0.486 e. The van der Waals surface area contributed by atoms with Crippen LogP contribution in [-0.2, 0) is 6.54 Å². The van der Waals surface area contributed by atoms with Crippen LogP contribution in [0.5, 0.6) is 5.75 Å². The van der Waals surface area contributed by atoms with Crippen molar-refractivity contribution in [2.75, 3.05) is 25.2 Å². The van der Waals surface area contributed by atoms with Crippen molar-refractivity contribution in [3.05, 3.63) is 33.9 Å². The number of rotatable bonds is 9. The van der Waals surface area contributed by atoms with Gasteiger partial charge in [0.25, 0.3) is 0 Å². The lowest BCUT2D eigenvalue weighted by atomic mass is 10.2. The van der Waals surface area contributed by atoms with Crippen molar-refractivity contribution in [3.63, 3.8) is 0 Å². The normalized spacial score (nSPS) is 10.4. The third-order valence-electron chi connectivity index (χ3n) is 2.52. The molecular formula is C13H20N2O3S. The van der Waals surface area contributed by atoms with Gasteiger partial charge in [0.2, 0.25) is 0 Å². The van der Waals surface area contributed by atoms with Crippen LogP contribution in [0.25, 0.3) is 0 Å². The van der Waals surface area contributed by atoms with E-state index in [0.717, 1.165) is 24.3 Å². The number of nitrogens with zero attached hydrogens (tertiary/aromatic N) is 1. The Balaban J connectivity index is 2.75. The van der Waals surface area contributed by atoms with Crippen molar-refractivity contribution in [2.45, 2.75) is 19.9 Å². The smallest absolute Gasteiger partial charge is 0.310 e. The van der Waals surface area contributed by atoms with E-state index in [-0.39, 0.29) is 5.69 Å². The first-order valence-electron chi connectivity index (χ1n) is 6.28. The summed E-state index contributed by atoms with van der Waals surface area (Å²) in [5, 5.41) is 14.2. The fraction of sp³-hybridized carbons (Fsp3) is 0.538. The van der Waals surface area contributed by atoms with Crippen LogP contribution in [0, 0.1) is 10.1 Å². The van der Waals surface area contributed by atoms with E-state index in [2.05, 4.69) is 12.2 Å². The van der Waals surface area contributed by atoms with Gasteiger partial charge in [0.05, 0.1) is 11.5 Å². The van der Waals surface area contributed by atoms with Gasteiger partial charge in [-0.25, -0.2) is 0 Å². The molecule has 0 amide bonds. The Morgan fingerprint density at radius 2 is 2.26 bits per heavy atom. The van der Waals surface area contributed by atoms with E-state index >= 15 is 0 Å². The molecule has 0 atom stereocenters. The minimum atomic E-state index is -0.405. The zero-order chi connectivity index (χ0) is 14.1. The highest BCUT2D eigenvalue weighted by molar-refractivity contribution is 7.98. The van der Waals surface area contributed by atoms with E-state index in [1.165, 1.54) is 6.07 Å². The molecule has 0 fully saturated rings. The first-order valence-corrected chi connectivity index (χ1v) is 7.68. The van der Waals surface area contributed by atoms with Gasteiger partial charge in [-0.15, -0.1) is 0 Å². The average Bonchev–Trinajstić information content (AvgIpc) is 2.39. The van der Waals surface area contributed by atoms with Crippen LogP contribution < -0.4 is 10.1 Å². The van der Waals surface area contributed by atoms with Gasteiger partial charge in [-0.3, -0.25) is 10.1 Å². The molecule has 0 aromatic heterocycles. The van der Waals surface area contributed by atoms with Gasteiger partial charge in [-0.1, -0.05) is 13.0 Å². The van der Waals surface area contributed by atoms with E-state index < -0.39 is 4.92 Å². The Hall–Kier alpha value is -1.27. The van der Waals surface area contributed by atoms with Crippen LogP contribution in [0.2, 0.25) is 0 Å². The molecule has 19 heavy (non-hydrogen) atoms. The largest absolute Gasteiger partial charge is 0.486 e. The third kappa shape index (κ3) is 5.48. The topological polar surface area (TPSA) is 64.4 Å². The second-order valence-corrected chi connectivity index (χ2v) is 5.06. The van der Waals surface area contributed by atoms with E-state index in [1.807, 2.05) is 6.26 Å². The molecule has 0 spiro atoms. The molecule has 0 saturated heterocycles. The van der Waals surface area contributed by atoms with Gasteiger partial charge >= 0.3 is 5.69 Å². The van der Waals surface area contributed by atoms with Crippen LogP contribution in [0.3, 0.4) is 0 Å². The van der Waals surface area contributed by atoms with Gasteiger partial charge in [0.15, 0.2) is 5.75 Å². The van der Waals surface area contributed by atoms with Crippen LogP contribution in [0.4, 0.5) is 5.69 Å². The third-order valence-corrected chi connectivity index (χ3v) is 3.10. The second kappa shape index (κ2) is 8.77. The highest BCUT2D eigenvalue weighted by Crippen LogP contribution is 2.28. The number of hydrogen-bond acceptors (Lipinski definition) is 5. The molecule has 0 aliphatic rings. The summed E-state index contributed by atoms with van der Waals surface area (Å²) >= 11 is 1.65. The molecule has 1 rings (SSSR count). The van der Waals surface area contributed by atoms with Crippen molar-refractivity contribution < 1.29 is 9.66 Å². The number of ether oxygens (including phenoxy) is 1. The molecule has 1 aromatic carbocycles. The summed E-state index contributed by atoms with van der Waals surface area (Å²) in [5.74, 6) is 1.17. The van der Waals surface area contributed by atoms with Crippen LogP contribution in [0.1, 0.15) is 18.9 Å². The highest BCUT2D eigenvalue weighted by Gasteiger charge is 2.15. The van der Waals surface area contributed by atoms with Crippen molar-refractivity contribution >= 4 is 17.4 Å². The fourth-order valence-electron chi connectivity index (χ4n) is 1.58. The molecule has 0 saturated carbocycles. The first kappa shape index (κ1) is 15.8. The van der Waals surface area contributed by atoms with E-state index in [9.17, 15) is 10.1 Å². The molecular weight excluding hydrogens is 264 g/mol. The molecule has 0 unspecified atom stereocenters. The lowest BCUT2D eigenvalue weighted by Gasteiger charge is -2.09. The zero-order valence-electron chi connectivity index (χ0n) is 11.3. The number of nitrogens with one attached hydrogen (secondary N) is 1. The molecule has 106 valence electrons. The number of benzene rings is 1. The molecule has 5 nitrogen and oxygen atoms in total. The monoisotopic (exact) mass is 284 g/mol. The quantitative estimate of drug-likeness (QED) is 0.429. The number of hydrogen-bond donors (Lipinski definition) is 1. The SMILES string of the molecule is CCCNCc1ccc([N+](=O)[O-])c(OCCSC)c1. The minimum absolute atomic E-state index is 0.0281. The molecule has 0 aliphatic carbocycles. The Kier molecular flexibility index (Phi) is 7.28. The summed E-state index contributed by atoms with van der Waals surface area (Å²) in [5.41, 5.74) is 1.03. The summed E-state index contributed by atoms with van der Waals surface area (Å²) in [6.07, 6.45) is 3.03. The summed E-state index contributed by atoms with van der Waals surface area (Å²) in [6, 6.07) is 5.03. The van der Waals surface area contributed by atoms with Crippen molar-refractivity contribution in [3.8, 4) is 5.75 Å². The Labute approximate surface area is 117 Å². The predicted molar refractivity (Wildman–Crippen MR) is 79.0 cm³/mol. The predicted octanol–water partition coefficient (Wildman–Crippen LogP) is 2.84. The standard InChI is InChI=1S/C13H20N2O3S/c1-3-6-14-10-11-4-5-12(15(16)17)13(9-11)18-7-8-19-2/h4-5,9,14H,3,6-8,10H2,1-2H3. The lowest BCUT2D eigenvalue weighted by Crippen LogP contribution is -2.14. The van der Waals surface area contributed by atoms with Crippen LogP contribution in [-0.4, -0.2) is 30.1 Å². The summed E-state index contributed by atoms with van der Waals surface area (Å²) in [7, 11) is 0. The van der Waals surface area contributed by atoms with Gasteiger partial charge in [0.1, 0.15) is 0 Å². The summed E-state index contributed by atoms with van der Waals surface area (Å²) < 4.78 is 5.50. The first-order chi connectivity index (χ1) is 9.19. The van der Waals surface area contributed by atoms with E-state index in [1.54, 1.807) is 23.9 Å². The molecule has 0 radical (unpaired) electrons. The number of nitro groups is 1. The molecule has 1 N–H and O–H groups in total. The van der Waals surface area contributed by atoms with Crippen molar-refractivity contribution in [1.29, 1.82) is 0 Å². The number of thioether (sulfide) groups is 1. The molecule has 0 aliphatic heterocycles. The zero-order valence-corrected chi connectivity index (χ0v) is 12.2. The maximum Gasteiger partial charge on any atom is 0.310 e. The molecule has 0 heterocycles. The van der Waals surface area contributed by atoms with Gasteiger partial charge in [0, 0.05) is 18.4 Å². The molecule has 0 bridgehead atoms. The van der Waals surface area contributed by atoms with Crippen molar-refractivity contribution in [2.24, 2.45) is 0 Å². The van der Waals surface area contributed by atoms with Gasteiger partial charge in [-0.2, -0.15) is 11.8 Å². The average molecular weight is 284 g/mol.